The average Bonchev–Trinajstić information content (AvgIpc) is 2.81. The van der Waals surface area contributed by atoms with Gasteiger partial charge in [-0.3, -0.25) is 9.79 Å². The molecule has 0 unspecified atom stereocenters. The van der Waals surface area contributed by atoms with Crippen molar-refractivity contribution in [2.24, 2.45) is 4.99 Å². The highest BCUT2D eigenvalue weighted by Crippen LogP contribution is 2.31. The zero-order chi connectivity index (χ0) is 20.8. The van der Waals surface area contributed by atoms with Gasteiger partial charge in [0.25, 0.3) is 5.91 Å². The summed E-state index contributed by atoms with van der Waals surface area (Å²) in [7, 11) is 1.80. The van der Waals surface area contributed by atoms with Crippen molar-refractivity contribution in [3.05, 3.63) is 42.7 Å². The first-order chi connectivity index (χ1) is 14.8. The lowest BCUT2D eigenvalue weighted by Crippen LogP contribution is -2.53. The van der Waals surface area contributed by atoms with E-state index in [1.54, 1.807) is 19.4 Å². The number of aliphatic imine (C=N–C) groups is 1. The Morgan fingerprint density at radius 2 is 1.90 bits per heavy atom. The first kappa shape index (κ1) is 19.9. The molecular weight excluding hydrogens is 382 g/mol. The Morgan fingerprint density at radius 3 is 2.67 bits per heavy atom. The molecule has 1 amide bonds. The van der Waals surface area contributed by atoms with E-state index >= 15 is 0 Å². The van der Waals surface area contributed by atoms with Crippen LogP contribution in [0.1, 0.15) is 6.42 Å². The Morgan fingerprint density at radius 1 is 1.13 bits per heavy atom. The molecule has 1 saturated heterocycles. The summed E-state index contributed by atoms with van der Waals surface area (Å²) < 4.78 is 5.50. The van der Waals surface area contributed by atoms with E-state index < -0.39 is 0 Å². The number of rotatable bonds is 5. The number of hydrogen-bond donors (Lipinski definition) is 1. The summed E-state index contributed by atoms with van der Waals surface area (Å²) in [6.45, 7) is 4.89. The summed E-state index contributed by atoms with van der Waals surface area (Å²) in [5.74, 6) is 2.42. The molecule has 0 spiro atoms. The highest BCUT2D eigenvalue weighted by molar-refractivity contribution is 5.97. The molecule has 1 aromatic carbocycles. The number of guanidine groups is 1. The summed E-state index contributed by atoms with van der Waals surface area (Å²) in [6.07, 6.45) is 4.36. The van der Waals surface area contributed by atoms with Crippen molar-refractivity contribution in [3.63, 3.8) is 0 Å². The topological polar surface area (TPSA) is 86.2 Å². The number of ether oxygens (including phenoxy) is 1. The summed E-state index contributed by atoms with van der Waals surface area (Å²) in [6, 6.07) is 9.49. The SMILES string of the molecule is CN=C(NCCCN1C(=O)COc2ccccc21)N1CCN(c2ncccn2)CC1. The Bertz CT molecular complexity index is 882. The van der Waals surface area contributed by atoms with Gasteiger partial charge in [-0.15, -0.1) is 0 Å². The van der Waals surface area contributed by atoms with Gasteiger partial charge in [0.15, 0.2) is 12.6 Å². The van der Waals surface area contributed by atoms with E-state index in [4.69, 9.17) is 4.74 Å². The van der Waals surface area contributed by atoms with Crippen LogP contribution in [-0.2, 0) is 4.79 Å². The monoisotopic (exact) mass is 409 g/mol. The third kappa shape index (κ3) is 4.45. The van der Waals surface area contributed by atoms with Crippen molar-refractivity contribution in [2.45, 2.75) is 6.42 Å². The number of nitrogens with zero attached hydrogens (tertiary/aromatic N) is 6. The lowest BCUT2D eigenvalue weighted by molar-refractivity contribution is -0.121. The van der Waals surface area contributed by atoms with Crippen molar-refractivity contribution in [1.29, 1.82) is 0 Å². The molecule has 0 saturated carbocycles. The second-order valence-electron chi connectivity index (χ2n) is 7.15. The summed E-state index contributed by atoms with van der Waals surface area (Å²) in [4.78, 5) is 31.6. The number of nitrogens with one attached hydrogen (secondary N) is 1. The fourth-order valence-corrected chi connectivity index (χ4v) is 3.74. The summed E-state index contributed by atoms with van der Waals surface area (Å²) in [5.41, 5.74) is 0.845. The summed E-state index contributed by atoms with van der Waals surface area (Å²) in [5, 5.41) is 3.43. The van der Waals surface area contributed by atoms with E-state index in [9.17, 15) is 4.79 Å². The Kier molecular flexibility index (Phi) is 6.26. The molecule has 0 atom stereocenters. The van der Waals surface area contributed by atoms with Crippen molar-refractivity contribution in [3.8, 4) is 5.75 Å². The van der Waals surface area contributed by atoms with E-state index in [0.29, 0.717) is 6.54 Å². The van der Waals surface area contributed by atoms with Crippen LogP contribution in [0.4, 0.5) is 11.6 Å². The van der Waals surface area contributed by atoms with Crippen LogP contribution in [0.3, 0.4) is 0 Å². The third-order valence-corrected chi connectivity index (χ3v) is 5.28. The van der Waals surface area contributed by atoms with Gasteiger partial charge in [0.05, 0.1) is 5.69 Å². The molecule has 0 radical (unpaired) electrons. The van der Waals surface area contributed by atoms with E-state index in [1.807, 2.05) is 35.2 Å². The number of piperazine rings is 1. The summed E-state index contributed by atoms with van der Waals surface area (Å²) >= 11 is 0. The van der Waals surface area contributed by atoms with Crippen molar-refractivity contribution in [2.75, 3.05) is 62.7 Å². The van der Waals surface area contributed by atoms with Crippen LogP contribution >= 0.6 is 0 Å². The highest BCUT2D eigenvalue weighted by atomic mass is 16.5. The number of anilines is 2. The van der Waals surface area contributed by atoms with E-state index in [1.165, 1.54) is 0 Å². The van der Waals surface area contributed by atoms with Crippen LogP contribution in [0.15, 0.2) is 47.7 Å². The second-order valence-corrected chi connectivity index (χ2v) is 7.15. The molecule has 1 N–H and O–H groups in total. The molecule has 2 aromatic rings. The number of para-hydroxylation sites is 2. The maximum atomic E-state index is 12.3. The minimum Gasteiger partial charge on any atom is -0.482 e. The lowest BCUT2D eigenvalue weighted by Gasteiger charge is -2.36. The van der Waals surface area contributed by atoms with Gasteiger partial charge in [-0.05, 0) is 24.6 Å². The largest absolute Gasteiger partial charge is 0.482 e. The fourth-order valence-electron chi connectivity index (χ4n) is 3.74. The molecule has 1 fully saturated rings. The molecule has 4 rings (SSSR count). The van der Waals surface area contributed by atoms with E-state index in [-0.39, 0.29) is 12.5 Å². The van der Waals surface area contributed by atoms with E-state index in [2.05, 4.69) is 30.1 Å². The smallest absolute Gasteiger partial charge is 0.265 e. The van der Waals surface area contributed by atoms with E-state index in [0.717, 1.165) is 62.5 Å². The molecular formula is C21H27N7O2. The lowest BCUT2D eigenvalue weighted by atomic mass is 10.2. The van der Waals surface area contributed by atoms with Crippen LogP contribution < -0.4 is 19.9 Å². The van der Waals surface area contributed by atoms with Crippen molar-refractivity contribution < 1.29 is 9.53 Å². The third-order valence-electron chi connectivity index (χ3n) is 5.28. The molecule has 3 heterocycles. The first-order valence-corrected chi connectivity index (χ1v) is 10.3. The molecule has 2 aliphatic rings. The Labute approximate surface area is 176 Å². The van der Waals surface area contributed by atoms with Crippen molar-refractivity contribution in [1.82, 2.24) is 20.2 Å². The maximum Gasteiger partial charge on any atom is 0.265 e. The Balaban J connectivity index is 1.25. The molecule has 30 heavy (non-hydrogen) atoms. The zero-order valence-corrected chi connectivity index (χ0v) is 17.2. The molecule has 0 bridgehead atoms. The second kappa shape index (κ2) is 9.43. The molecule has 2 aliphatic heterocycles. The number of benzene rings is 1. The molecule has 1 aromatic heterocycles. The van der Waals surface area contributed by atoms with Crippen molar-refractivity contribution >= 4 is 23.5 Å². The maximum absolute atomic E-state index is 12.3. The van der Waals surface area contributed by atoms with Crippen LogP contribution in [0, 0.1) is 0 Å². The molecule has 9 heteroatoms. The van der Waals surface area contributed by atoms with Gasteiger partial charge < -0.3 is 24.8 Å². The van der Waals surface area contributed by atoms with Gasteiger partial charge in [-0.25, -0.2) is 9.97 Å². The fraction of sp³-hybridized carbons (Fsp3) is 0.429. The minimum atomic E-state index is -0.00247. The zero-order valence-electron chi connectivity index (χ0n) is 17.2. The number of hydrogen-bond acceptors (Lipinski definition) is 6. The van der Waals surface area contributed by atoms with Gasteiger partial charge in [0.1, 0.15) is 5.75 Å². The predicted molar refractivity (Wildman–Crippen MR) is 116 cm³/mol. The average molecular weight is 409 g/mol. The Hall–Kier alpha value is -3.36. The van der Waals surface area contributed by atoms with Gasteiger partial charge in [-0.1, -0.05) is 12.1 Å². The van der Waals surface area contributed by atoms with Gasteiger partial charge in [0.2, 0.25) is 5.95 Å². The highest BCUT2D eigenvalue weighted by Gasteiger charge is 2.25. The van der Waals surface area contributed by atoms with Crippen LogP contribution in [0.25, 0.3) is 0 Å². The number of carbonyl (C=O) groups excluding carboxylic acids is 1. The normalized spacial score (nSPS) is 16.9. The number of amides is 1. The molecule has 0 aliphatic carbocycles. The standard InChI is InChI=1S/C21H27N7O2/c1-22-20(26-12-14-27(15-13-26)21-24-8-4-9-25-21)23-10-5-11-28-17-6-2-3-7-18(17)30-16-19(28)29/h2-4,6-9H,5,10-16H2,1H3,(H,22,23). The number of aromatic nitrogens is 2. The predicted octanol–water partition coefficient (Wildman–Crippen LogP) is 0.990. The quantitative estimate of drug-likeness (QED) is 0.448. The minimum absolute atomic E-state index is 0.00247. The van der Waals surface area contributed by atoms with Crippen LogP contribution in [0.2, 0.25) is 0 Å². The first-order valence-electron chi connectivity index (χ1n) is 10.3. The van der Waals surface area contributed by atoms with Gasteiger partial charge in [-0.2, -0.15) is 0 Å². The molecule has 158 valence electrons. The molecule has 9 nitrogen and oxygen atoms in total. The van der Waals surface area contributed by atoms with Gasteiger partial charge in [0, 0.05) is 58.7 Å². The van der Waals surface area contributed by atoms with Gasteiger partial charge >= 0.3 is 0 Å². The van der Waals surface area contributed by atoms with Crippen LogP contribution in [-0.4, -0.2) is 79.7 Å². The van der Waals surface area contributed by atoms with Crippen LogP contribution in [0.5, 0.6) is 5.75 Å². The number of carbonyl (C=O) groups is 1. The number of fused-ring (bicyclic) bond motifs is 1.